The Morgan fingerprint density at radius 1 is 1.40 bits per heavy atom. The molecule has 3 heteroatoms. The summed E-state index contributed by atoms with van der Waals surface area (Å²) in [5.41, 5.74) is 5.84. The first kappa shape index (κ1) is 12.5. The second-order valence-corrected chi connectivity index (χ2v) is 4.36. The van der Waals surface area contributed by atoms with Crippen molar-refractivity contribution in [2.24, 2.45) is 10.7 Å². The molecule has 0 radical (unpaired) electrons. The van der Waals surface area contributed by atoms with E-state index >= 15 is 0 Å². The van der Waals surface area contributed by atoms with Gasteiger partial charge in [-0.1, -0.05) is 20.8 Å². The van der Waals surface area contributed by atoms with Gasteiger partial charge in [0.05, 0.1) is 17.5 Å². The van der Waals surface area contributed by atoms with Gasteiger partial charge in [-0.3, -0.25) is 4.99 Å². The van der Waals surface area contributed by atoms with Crippen molar-refractivity contribution in [2.75, 3.05) is 6.61 Å². The van der Waals surface area contributed by atoms with Gasteiger partial charge in [-0.05, 0) is 25.7 Å². The number of nitrogens with zero attached hydrogens (tertiary/aromatic N) is 1. The Kier molecular flexibility index (Phi) is 4.58. The number of amidine groups is 1. The highest BCUT2D eigenvalue weighted by molar-refractivity contribution is 5.80. The maximum absolute atomic E-state index is 5.90. The van der Waals surface area contributed by atoms with Crippen LogP contribution in [-0.4, -0.2) is 24.1 Å². The summed E-state index contributed by atoms with van der Waals surface area (Å²) in [7, 11) is 0. The van der Waals surface area contributed by atoms with Crippen LogP contribution >= 0.6 is 0 Å². The third-order valence-corrected chi connectivity index (χ3v) is 3.47. The molecule has 88 valence electrons. The fraction of sp³-hybridized carbons (Fsp3) is 0.917. The third kappa shape index (κ3) is 3.20. The molecule has 1 aliphatic heterocycles. The first-order chi connectivity index (χ1) is 7.15. The summed E-state index contributed by atoms with van der Waals surface area (Å²) in [6, 6.07) is 0.374. The summed E-state index contributed by atoms with van der Waals surface area (Å²) in [6.45, 7) is 7.26. The van der Waals surface area contributed by atoms with Crippen LogP contribution in [0.2, 0.25) is 0 Å². The molecule has 0 saturated carbocycles. The van der Waals surface area contributed by atoms with Gasteiger partial charge in [0.2, 0.25) is 0 Å². The minimum Gasteiger partial charge on any atom is -0.387 e. The lowest BCUT2D eigenvalue weighted by molar-refractivity contribution is -0.0884. The van der Waals surface area contributed by atoms with Gasteiger partial charge in [0.25, 0.3) is 0 Å². The first-order valence-electron chi connectivity index (χ1n) is 6.12. The Hall–Kier alpha value is -0.570. The minimum atomic E-state index is 0.0560. The molecule has 1 rings (SSSR count). The van der Waals surface area contributed by atoms with Crippen LogP contribution in [0.3, 0.4) is 0 Å². The number of rotatable bonds is 4. The number of aliphatic imine (C=N–C) groups is 1. The molecule has 1 fully saturated rings. The van der Waals surface area contributed by atoms with Crippen LogP contribution in [0.4, 0.5) is 0 Å². The van der Waals surface area contributed by atoms with Crippen molar-refractivity contribution < 1.29 is 4.74 Å². The zero-order chi connectivity index (χ0) is 11.3. The highest BCUT2D eigenvalue weighted by Crippen LogP contribution is 2.32. The summed E-state index contributed by atoms with van der Waals surface area (Å²) in [4.78, 5) is 4.56. The van der Waals surface area contributed by atoms with Crippen molar-refractivity contribution in [1.82, 2.24) is 0 Å². The predicted octanol–water partition coefficient (Wildman–Crippen LogP) is 2.49. The van der Waals surface area contributed by atoms with Crippen molar-refractivity contribution in [3.05, 3.63) is 0 Å². The highest BCUT2D eigenvalue weighted by Gasteiger charge is 2.34. The van der Waals surface area contributed by atoms with E-state index in [2.05, 4.69) is 18.8 Å². The van der Waals surface area contributed by atoms with E-state index < -0.39 is 0 Å². The predicted molar refractivity (Wildman–Crippen MR) is 64.2 cm³/mol. The second kappa shape index (κ2) is 5.50. The van der Waals surface area contributed by atoms with Gasteiger partial charge >= 0.3 is 0 Å². The van der Waals surface area contributed by atoms with E-state index in [0.29, 0.717) is 6.04 Å². The quantitative estimate of drug-likeness (QED) is 0.575. The second-order valence-electron chi connectivity index (χ2n) is 4.36. The van der Waals surface area contributed by atoms with Gasteiger partial charge in [-0.15, -0.1) is 0 Å². The van der Waals surface area contributed by atoms with E-state index in [0.717, 1.165) is 44.5 Å². The van der Waals surface area contributed by atoms with Crippen LogP contribution in [0, 0.1) is 0 Å². The summed E-state index contributed by atoms with van der Waals surface area (Å²) in [5, 5.41) is 0. The Morgan fingerprint density at radius 3 is 2.60 bits per heavy atom. The third-order valence-electron chi connectivity index (χ3n) is 3.47. The number of ether oxygens (including phenoxy) is 1. The topological polar surface area (TPSA) is 47.6 Å². The summed E-state index contributed by atoms with van der Waals surface area (Å²) >= 11 is 0. The summed E-state index contributed by atoms with van der Waals surface area (Å²) < 4.78 is 5.90. The molecular formula is C12H24N2O. The molecule has 0 aromatic rings. The van der Waals surface area contributed by atoms with E-state index in [4.69, 9.17) is 10.5 Å². The lowest BCUT2D eigenvalue weighted by Crippen LogP contribution is -2.40. The van der Waals surface area contributed by atoms with Gasteiger partial charge in [-0.25, -0.2) is 0 Å². The van der Waals surface area contributed by atoms with Crippen LogP contribution in [0.1, 0.15) is 52.9 Å². The van der Waals surface area contributed by atoms with Crippen LogP contribution in [-0.2, 0) is 4.74 Å². The molecule has 3 nitrogen and oxygen atoms in total. The van der Waals surface area contributed by atoms with Crippen LogP contribution in [0.25, 0.3) is 0 Å². The highest BCUT2D eigenvalue weighted by atomic mass is 16.5. The molecule has 2 N–H and O–H groups in total. The molecule has 0 aliphatic carbocycles. The molecule has 1 heterocycles. The van der Waals surface area contributed by atoms with Crippen molar-refractivity contribution in [3.63, 3.8) is 0 Å². The molecule has 0 spiro atoms. The standard InChI is InChI=1S/C12H24N2O/c1-4-11(13)14-10-7-8-15-12(5-2,6-3)9-10/h10H,4-9H2,1-3H3,(H2,13,14). The van der Waals surface area contributed by atoms with Gasteiger partial charge in [-0.2, -0.15) is 0 Å². The molecule has 1 aliphatic rings. The Balaban J connectivity index is 2.63. The Labute approximate surface area is 93.1 Å². The summed E-state index contributed by atoms with van der Waals surface area (Å²) in [5.74, 6) is 0.781. The molecule has 0 aromatic carbocycles. The van der Waals surface area contributed by atoms with Gasteiger partial charge < -0.3 is 10.5 Å². The minimum absolute atomic E-state index is 0.0560. The molecule has 0 aromatic heterocycles. The average molecular weight is 212 g/mol. The van der Waals surface area contributed by atoms with Crippen LogP contribution in [0.5, 0.6) is 0 Å². The van der Waals surface area contributed by atoms with E-state index in [1.165, 1.54) is 0 Å². The number of nitrogens with two attached hydrogens (primary N) is 1. The van der Waals surface area contributed by atoms with Gasteiger partial charge in [0.1, 0.15) is 0 Å². The maximum Gasteiger partial charge on any atom is 0.0937 e. The van der Waals surface area contributed by atoms with Crippen molar-refractivity contribution in [2.45, 2.75) is 64.5 Å². The van der Waals surface area contributed by atoms with Crippen LogP contribution in [0.15, 0.2) is 4.99 Å². The van der Waals surface area contributed by atoms with E-state index in [-0.39, 0.29) is 5.60 Å². The fourth-order valence-electron chi connectivity index (χ4n) is 2.18. The lowest BCUT2D eigenvalue weighted by atomic mass is 9.86. The Bertz CT molecular complexity index is 222. The molecular weight excluding hydrogens is 188 g/mol. The zero-order valence-corrected chi connectivity index (χ0v) is 10.3. The van der Waals surface area contributed by atoms with E-state index in [1.54, 1.807) is 0 Å². The number of hydrogen-bond acceptors (Lipinski definition) is 2. The molecule has 1 unspecified atom stereocenters. The number of hydrogen-bond donors (Lipinski definition) is 1. The molecule has 1 saturated heterocycles. The molecule has 15 heavy (non-hydrogen) atoms. The normalized spacial score (nSPS) is 26.6. The smallest absolute Gasteiger partial charge is 0.0937 e. The largest absolute Gasteiger partial charge is 0.387 e. The first-order valence-corrected chi connectivity index (χ1v) is 6.12. The fourth-order valence-corrected chi connectivity index (χ4v) is 2.18. The zero-order valence-electron chi connectivity index (χ0n) is 10.3. The lowest BCUT2D eigenvalue weighted by Gasteiger charge is -2.38. The maximum atomic E-state index is 5.90. The molecule has 0 amide bonds. The molecule has 1 atom stereocenters. The molecule has 0 bridgehead atoms. The SMILES string of the molecule is CCC(N)=NC1CCOC(CC)(CC)C1. The van der Waals surface area contributed by atoms with Crippen LogP contribution < -0.4 is 5.73 Å². The van der Waals surface area contributed by atoms with Gasteiger partial charge in [0, 0.05) is 13.0 Å². The van der Waals surface area contributed by atoms with E-state index in [9.17, 15) is 0 Å². The monoisotopic (exact) mass is 212 g/mol. The van der Waals surface area contributed by atoms with Crippen molar-refractivity contribution in [3.8, 4) is 0 Å². The van der Waals surface area contributed by atoms with Crippen molar-refractivity contribution >= 4 is 5.84 Å². The summed E-state index contributed by atoms with van der Waals surface area (Å²) in [6.07, 6.45) is 5.04. The average Bonchev–Trinajstić information content (AvgIpc) is 2.29. The van der Waals surface area contributed by atoms with Gasteiger partial charge in [0.15, 0.2) is 0 Å². The van der Waals surface area contributed by atoms with Crippen molar-refractivity contribution in [1.29, 1.82) is 0 Å². The van der Waals surface area contributed by atoms with E-state index in [1.807, 2.05) is 6.92 Å². The Morgan fingerprint density at radius 2 is 2.07 bits per heavy atom.